The number of hydrogen-bond acceptors (Lipinski definition) is 3. The van der Waals surface area contributed by atoms with Crippen LogP contribution in [-0.2, 0) is 11.2 Å². The molecule has 1 aromatic carbocycles. The highest BCUT2D eigenvalue weighted by atomic mass is 35.5. The van der Waals surface area contributed by atoms with Gasteiger partial charge in [-0.25, -0.2) is 4.98 Å². The number of aryl methyl sites for hydroxylation is 1. The predicted octanol–water partition coefficient (Wildman–Crippen LogP) is 3.03. The van der Waals surface area contributed by atoms with E-state index in [1.54, 1.807) is 24.3 Å². The van der Waals surface area contributed by atoms with Gasteiger partial charge in [0, 0.05) is 30.4 Å². The van der Waals surface area contributed by atoms with Crippen molar-refractivity contribution in [3.63, 3.8) is 0 Å². The molecular weight excluding hydrogens is 326 g/mol. The fraction of sp³-hybridized carbons (Fsp3) is 0.222. The summed E-state index contributed by atoms with van der Waals surface area (Å²) in [5, 5.41) is 3.46. The van der Waals surface area contributed by atoms with Gasteiger partial charge < -0.3 is 14.5 Å². The minimum atomic E-state index is -0.162. The number of halogens is 1. The monoisotopic (exact) mass is 343 g/mol. The van der Waals surface area contributed by atoms with E-state index in [-0.39, 0.29) is 12.5 Å². The normalized spacial score (nSPS) is 10.8. The van der Waals surface area contributed by atoms with E-state index in [2.05, 4.69) is 10.3 Å². The molecule has 2 heterocycles. The molecule has 6 heteroatoms. The number of carbonyl (C=O) groups excluding carboxylic acids is 1. The zero-order valence-electron chi connectivity index (χ0n) is 13.3. The van der Waals surface area contributed by atoms with Crippen LogP contribution in [0.3, 0.4) is 0 Å². The van der Waals surface area contributed by atoms with Crippen LogP contribution in [0.5, 0.6) is 5.75 Å². The van der Waals surface area contributed by atoms with Crippen LogP contribution >= 0.6 is 11.6 Å². The van der Waals surface area contributed by atoms with Crippen LogP contribution in [0.15, 0.2) is 48.8 Å². The summed E-state index contributed by atoms with van der Waals surface area (Å²) in [6, 6.07) is 10.9. The first-order valence-corrected chi connectivity index (χ1v) is 8.07. The molecule has 0 aliphatic carbocycles. The SMILES string of the molecule is Cc1ccc2nc(CCNC(=O)COc3ccc(Cl)cc3)cn2c1. The van der Waals surface area contributed by atoms with Crippen molar-refractivity contribution in [2.75, 3.05) is 13.2 Å². The number of pyridine rings is 1. The molecule has 0 bridgehead atoms. The Bertz CT molecular complexity index is 843. The molecule has 0 saturated carbocycles. The second-order valence-electron chi connectivity index (χ2n) is 5.55. The van der Waals surface area contributed by atoms with Gasteiger partial charge in [-0.3, -0.25) is 4.79 Å². The quantitative estimate of drug-likeness (QED) is 0.748. The van der Waals surface area contributed by atoms with Crippen molar-refractivity contribution in [1.82, 2.24) is 14.7 Å². The number of benzene rings is 1. The van der Waals surface area contributed by atoms with Gasteiger partial charge in [-0.05, 0) is 42.8 Å². The van der Waals surface area contributed by atoms with E-state index in [1.807, 2.05) is 35.9 Å². The van der Waals surface area contributed by atoms with Crippen LogP contribution in [0.1, 0.15) is 11.3 Å². The van der Waals surface area contributed by atoms with Gasteiger partial charge in [0.1, 0.15) is 11.4 Å². The third-order valence-electron chi connectivity index (χ3n) is 3.54. The Balaban J connectivity index is 1.44. The first kappa shape index (κ1) is 16.3. The summed E-state index contributed by atoms with van der Waals surface area (Å²) in [5.74, 6) is 0.454. The molecule has 0 spiro atoms. The summed E-state index contributed by atoms with van der Waals surface area (Å²) in [7, 11) is 0. The van der Waals surface area contributed by atoms with Crippen LogP contribution in [0, 0.1) is 6.92 Å². The van der Waals surface area contributed by atoms with Gasteiger partial charge in [0.15, 0.2) is 6.61 Å². The summed E-state index contributed by atoms with van der Waals surface area (Å²) in [5.41, 5.74) is 3.03. The van der Waals surface area contributed by atoms with Crippen LogP contribution in [-0.4, -0.2) is 28.4 Å². The molecule has 0 aliphatic rings. The molecule has 0 fully saturated rings. The fourth-order valence-corrected chi connectivity index (χ4v) is 2.46. The van der Waals surface area contributed by atoms with Crippen molar-refractivity contribution in [2.24, 2.45) is 0 Å². The van der Waals surface area contributed by atoms with Crippen molar-refractivity contribution >= 4 is 23.2 Å². The van der Waals surface area contributed by atoms with Gasteiger partial charge >= 0.3 is 0 Å². The molecule has 3 rings (SSSR count). The first-order chi connectivity index (χ1) is 11.6. The van der Waals surface area contributed by atoms with Gasteiger partial charge in [0.25, 0.3) is 5.91 Å². The molecule has 124 valence electrons. The fourth-order valence-electron chi connectivity index (χ4n) is 2.34. The van der Waals surface area contributed by atoms with Gasteiger partial charge in [0.2, 0.25) is 0 Å². The standard InChI is InChI=1S/C18H18ClN3O2/c1-13-2-7-17-21-15(11-22(17)10-13)8-9-20-18(23)12-24-16-5-3-14(19)4-6-16/h2-7,10-11H,8-9,12H2,1H3,(H,20,23). The third kappa shape index (κ3) is 4.26. The molecule has 24 heavy (non-hydrogen) atoms. The van der Waals surface area contributed by atoms with E-state index < -0.39 is 0 Å². The number of nitrogens with zero attached hydrogens (tertiary/aromatic N) is 2. The molecule has 1 amide bonds. The Morgan fingerprint density at radius 1 is 1.21 bits per heavy atom. The summed E-state index contributed by atoms with van der Waals surface area (Å²) in [4.78, 5) is 16.3. The largest absolute Gasteiger partial charge is 0.484 e. The lowest BCUT2D eigenvalue weighted by atomic mass is 10.3. The second-order valence-corrected chi connectivity index (χ2v) is 5.98. The Labute approximate surface area is 145 Å². The van der Waals surface area contributed by atoms with Gasteiger partial charge in [0.05, 0.1) is 5.69 Å². The Kier molecular flexibility index (Phi) is 5.01. The number of nitrogens with one attached hydrogen (secondary N) is 1. The summed E-state index contributed by atoms with van der Waals surface area (Å²) < 4.78 is 7.39. The molecule has 0 atom stereocenters. The van der Waals surface area contributed by atoms with E-state index in [0.717, 1.165) is 11.3 Å². The Morgan fingerprint density at radius 2 is 2.00 bits per heavy atom. The lowest BCUT2D eigenvalue weighted by Gasteiger charge is -2.06. The van der Waals surface area contributed by atoms with Crippen LogP contribution < -0.4 is 10.1 Å². The number of rotatable bonds is 6. The first-order valence-electron chi connectivity index (χ1n) is 7.69. The number of ether oxygens (including phenoxy) is 1. The van der Waals surface area contributed by atoms with E-state index in [9.17, 15) is 4.79 Å². The minimum absolute atomic E-state index is 0.0218. The van der Waals surface area contributed by atoms with E-state index >= 15 is 0 Å². The Hall–Kier alpha value is -2.53. The minimum Gasteiger partial charge on any atom is -0.484 e. The van der Waals surface area contributed by atoms with E-state index in [1.165, 1.54) is 5.56 Å². The van der Waals surface area contributed by atoms with Crippen LogP contribution in [0.2, 0.25) is 5.02 Å². The molecule has 2 aromatic heterocycles. The molecule has 1 N–H and O–H groups in total. The van der Waals surface area contributed by atoms with Crippen molar-refractivity contribution in [2.45, 2.75) is 13.3 Å². The Morgan fingerprint density at radius 3 is 2.79 bits per heavy atom. The van der Waals surface area contributed by atoms with Crippen molar-refractivity contribution in [1.29, 1.82) is 0 Å². The molecular formula is C18H18ClN3O2. The molecule has 0 unspecified atom stereocenters. The van der Waals surface area contributed by atoms with Gasteiger partial charge in [-0.2, -0.15) is 0 Å². The number of amides is 1. The predicted molar refractivity (Wildman–Crippen MR) is 93.6 cm³/mol. The van der Waals surface area contributed by atoms with Crippen molar-refractivity contribution in [3.8, 4) is 5.75 Å². The third-order valence-corrected chi connectivity index (χ3v) is 3.79. The van der Waals surface area contributed by atoms with Gasteiger partial charge in [-0.15, -0.1) is 0 Å². The molecule has 0 aliphatic heterocycles. The highest BCUT2D eigenvalue weighted by Crippen LogP contribution is 2.15. The maximum atomic E-state index is 11.8. The summed E-state index contributed by atoms with van der Waals surface area (Å²) in [6.07, 6.45) is 4.69. The van der Waals surface area contributed by atoms with Crippen LogP contribution in [0.25, 0.3) is 5.65 Å². The number of hydrogen-bond donors (Lipinski definition) is 1. The average molecular weight is 344 g/mol. The number of fused-ring (bicyclic) bond motifs is 1. The number of carbonyl (C=O) groups is 1. The zero-order valence-corrected chi connectivity index (χ0v) is 14.1. The molecule has 5 nitrogen and oxygen atoms in total. The highest BCUT2D eigenvalue weighted by Gasteiger charge is 2.05. The van der Waals surface area contributed by atoms with Crippen LogP contribution in [0.4, 0.5) is 0 Å². The lowest BCUT2D eigenvalue weighted by Crippen LogP contribution is -2.30. The summed E-state index contributed by atoms with van der Waals surface area (Å²) in [6.45, 7) is 2.54. The number of aromatic nitrogens is 2. The topological polar surface area (TPSA) is 55.6 Å². The summed E-state index contributed by atoms with van der Waals surface area (Å²) >= 11 is 5.80. The molecule has 0 radical (unpaired) electrons. The smallest absolute Gasteiger partial charge is 0.257 e. The van der Waals surface area contributed by atoms with Crippen molar-refractivity contribution < 1.29 is 9.53 Å². The second kappa shape index (κ2) is 7.36. The molecule has 0 saturated heterocycles. The average Bonchev–Trinajstić information content (AvgIpc) is 2.96. The maximum Gasteiger partial charge on any atom is 0.257 e. The zero-order chi connectivity index (χ0) is 16.9. The van der Waals surface area contributed by atoms with Crippen molar-refractivity contribution in [3.05, 3.63) is 65.1 Å². The molecule has 3 aromatic rings. The van der Waals surface area contributed by atoms with E-state index in [0.29, 0.717) is 23.7 Å². The maximum absolute atomic E-state index is 11.8. The lowest BCUT2D eigenvalue weighted by molar-refractivity contribution is -0.123. The van der Waals surface area contributed by atoms with Gasteiger partial charge in [-0.1, -0.05) is 17.7 Å². The number of imidazole rings is 1. The van der Waals surface area contributed by atoms with E-state index in [4.69, 9.17) is 16.3 Å². The highest BCUT2D eigenvalue weighted by molar-refractivity contribution is 6.30.